The second-order valence-electron chi connectivity index (χ2n) is 9.17. The highest BCUT2D eigenvalue weighted by molar-refractivity contribution is 6.04. The minimum Gasteiger partial charge on any atom is -0.383 e. The molecule has 0 saturated carbocycles. The molecule has 33 heavy (non-hydrogen) atoms. The van der Waals surface area contributed by atoms with Crippen molar-refractivity contribution in [3.05, 3.63) is 30.6 Å². The zero-order valence-corrected chi connectivity index (χ0v) is 20.4. The second-order valence-corrected chi connectivity index (χ2v) is 9.17. The van der Waals surface area contributed by atoms with E-state index in [1.165, 1.54) is 6.08 Å². The molecule has 0 aliphatic carbocycles. The molecule has 1 saturated heterocycles. The van der Waals surface area contributed by atoms with Crippen molar-refractivity contribution >= 4 is 28.8 Å². The molecule has 1 aliphatic heterocycles. The fourth-order valence-electron chi connectivity index (χ4n) is 4.66. The van der Waals surface area contributed by atoms with Gasteiger partial charge in [0.2, 0.25) is 5.91 Å². The number of rotatable bonds is 9. The van der Waals surface area contributed by atoms with Crippen molar-refractivity contribution in [2.75, 3.05) is 38.3 Å². The van der Waals surface area contributed by atoms with Gasteiger partial charge in [-0.25, -0.2) is 9.97 Å². The first-order valence-corrected chi connectivity index (χ1v) is 11.6. The standard InChI is InChI=1S/C24H36N6O3/c1-7-16(8-2)18(14-33-6)27-23(32)17-12-25-22-21(17)28-19(13-26-22)29-10-11-30(20(31)9-3)24(4,5)15-29/h9,12-13,16,18H,3,7-8,10-11,14-15H2,1-2,4-6H3,(H,25,26)(H,27,32)/t18-/m1/s1. The molecule has 9 heteroatoms. The quantitative estimate of drug-likeness (QED) is 0.563. The average molecular weight is 457 g/mol. The summed E-state index contributed by atoms with van der Waals surface area (Å²) in [5, 5.41) is 3.13. The van der Waals surface area contributed by atoms with Gasteiger partial charge >= 0.3 is 0 Å². The number of H-pyrrole nitrogens is 1. The van der Waals surface area contributed by atoms with Gasteiger partial charge < -0.3 is 24.8 Å². The Morgan fingerprint density at radius 3 is 2.67 bits per heavy atom. The molecular weight excluding hydrogens is 420 g/mol. The van der Waals surface area contributed by atoms with Crippen molar-refractivity contribution in [2.45, 2.75) is 52.1 Å². The second kappa shape index (κ2) is 10.3. The number of amides is 2. The van der Waals surface area contributed by atoms with E-state index in [1.807, 2.05) is 18.7 Å². The number of methoxy groups -OCH3 is 1. The van der Waals surface area contributed by atoms with Crippen molar-refractivity contribution in [3.8, 4) is 0 Å². The van der Waals surface area contributed by atoms with Gasteiger partial charge in [0.1, 0.15) is 11.3 Å². The normalized spacial score (nSPS) is 16.8. The molecule has 2 aromatic heterocycles. The van der Waals surface area contributed by atoms with Crippen molar-refractivity contribution in [2.24, 2.45) is 5.92 Å². The predicted octanol–water partition coefficient (Wildman–Crippen LogP) is 2.75. The Hall–Kier alpha value is -2.94. The molecular formula is C24H36N6O3. The zero-order chi connectivity index (χ0) is 24.2. The third kappa shape index (κ3) is 5.19. The van der Waals surface area contributed by atoms with Crippen LogP contribution >= 0.6 is 0 Å². The lowest BCUT2D eigenvalue weighted by Gasteiger charge is -2.47. The van der Waals surface area contributed by atoms with Crippen molar-refractivity contribution in [3.63, 3.8) is 0 Å². The minimum absolute atomic E-state index is 0.0742. The number of aromatic nitrogens is 3. The van der Waals surface area contributed by atoms with E-state index in [0.717, 1.165) is 12.8 Å². The number of anilines is 1. The Morgan fingerprint density at radius 1 is 1.33 bits per heavy atom. The molecule has 0 aromatic carbocycles. The van der Waals surface area contributed by atoms with Crippen LogP contribution in [0, 0.1) is 5.92 Å². The van der Waals surface area contributed by atoms with Crippen LogP contribution in [0.1, 0.15) is 50.9 Å². The number of hydrogen-bond acceptors (Lipinski definition) is 6. The highest BCUT2D eigenvalue weighted by Gasteiger charge is 2.36. The third-order valence-electron chi connectivity index (χ3n) is 6.56. The van der Waals surface area contributed by atoms with Gasteiger partial charge in [-0.2, -0.15) is 0 Å². The van der Waals surface area contributed by atoms with E-state index in [0.29, 0.717) is 54.7 Å². The molecule has 2 aromatic rings. The number of nitrogens with zero attached hydrogens (tertiary/aromatic N) is 4. The Bertz CT molecular complexity index is 997. The third-order valence-corrected chi connectivity index (χ3v) is 6.56. The van der Waals surface area contributed by atoms with Crippen molar-refractivity contribution < 1.29 is 14.3 Å². The van der Waals surface area contributed by atoms with Gasteiger partial charge in [-0.1, -0.05) is 33.3 Å². The Kier molecular flexibility index (Phi) is 7.73. The monoisotopic (exact) mass is 456 g/mol. The van der Waals surface area contributed by atoms with E-state index in [1.54, 1.807) is 19.5 Å². The van der Waals surface area contributed by atoms with Crippen molar-refractivity contribution in [1.82, 2.24) is 25.2 Å². The van der Waals surface area contributed by atoms with E-state index in [2.05, 4.69) is 40.6 Å². The van der Waals surface area contributed by atoms with Crippen LogP contribution in [0.5, 0.6) is 0 Å². The van der Waals surface area contributed by atoms with Crippen LogP contribution in [0.4, 0.5) is 5.82 Å². The summed E-state index contributed by atoms with van der Waals surface area (Å²) in [4.78, 5) is 41.7. The number of nitrogens with one attached hydrogen (secondary N) is 2. The predicted molar refractivity (Wildman–Crippen MR) is 129 cm³/mol. The van der Waals surface area contributed by atoms with E-state index in [9.17, 15) is 9.59 Å². The largest absolute Gasteiger partial charge is 0.383 e. The molecule has 3 heterocycles. The summed E-state index contributed by atoms with van der Waals surface area (Å²) < 4.78 is 5.35. The number of piperazine rings is 1. The first-order valence-electron chi connectivity index (χ1n) is 11.6. The summed E-state index contributed by atoms with van der Waals surface area (Å²) >= 11 is 0. The summed E-state index contributed by atoms with van der Waals surface area (Å²) in [5.74, 6) is 0.748. The maximum atomic E-state index is 13.2. The van der Waals surface area contributed by atoms with Gasteiger partial charge in [0.15, 0.2) is 5.65 Å². The number of carbonyl (C=O) groups is 2. The van der Waals surface area contributed by atoms with Crippen LogP contribution in [0.3, 0.4) is 0 Å². The van der Waals surface area contributed by atoms with E-state index < -0.39 is 0 Å². The van der Waals surface area contributed by atoms with Gasteiger partial charge in [-0.05, 0) is 25.8 Å². The molecule has 2 amide bonds. The molecule has 1 fully saturated rings. The fourth-order valence-corrected chi connectivity index (χ4v) is 4.66. The van der Waals surface area contributed by atoms with Crippen LogP contribution < -0.4 is 10.2 Å². The van der Waals surface area contributed by atoms with Crippen LogP contribution in [-0.4, -0.2) is 76.6 Å². The minimum atomic E-state index is -0.388. The smallest absolute Gasteiger partial charge is 0.255 e. The van der Waals surface area contributed by atoms with E-state index >= 15 is 0 Å². The summed E-state index contributed by atoms with van der Waals surface area (Å²) in [6, 6.07) is -0.0742. The summed E-state index contributed by atoms with van der Waals surface area (Å²) in [5.41, 5.74) is 1.18. The van der Waals surface area contributed by atoms with Crippen LogP contribution in [-0.2, 0) is 9.53 Å². The summed E-state index contributed by atoms with van der Waals surface area (Å²) in [6.45, 7) is 14.1. The first-order chi connectivity index (χ1) is 15.7. The summed E-state index contributed by atoms with van der Waals surface area (Å²) in [6.07, 6.45) is 6.63. The number of aromatic amines is 1. The average Bonchev–Trinajstić information content (AvgIpc) is 3.22. The molecule has 0 radical (unpaired) electrons. The Morgan fingerprint density at radius 2 is 2.06 bits per heavy atom. The van der Waals surface area contributed by atoms with Crippen LogP contribution in [0.25, 0.3) is 11.2 Å². The SMILES string of the molecule is C=CC(=O)N1CCN(c2cnc3[nH]cc(C(=O)N[C@H](COC)C(CC)CC)c3n2)CC1(C)C. The van der Waals surface area contributed by atoms with E-state index in [-0.39, 0.29) is 23.4 Å². The molecule has 1 atom stereocenters. The van der Waals surface area contributed by atoms with Gasteiger partial charge in [0.05, 0.1) is 29.9 Å². The molecule has 0 unspecified atom stereocenters. The fraction of sp³-hybridized carbons (Fsp3) is 0.583. The zero-order valence-electron chi connectivity index (χ0n) is 20.4. The molecule has 2 N–H and O–H groups in total. The number of hydrogen-bond donors (Lipinski definition) is 2. The maximum Gasteiger partial charge on any atom is 0.255 e. The van der Waals surface area contributed by atoms with Crippen molar-refractivity contribution in [1.29, 1.82) is 0 Å². The highest BCUT2D eigenvalue weighted by Crippen LogP contribution is 2.26. The lowest BCUT2D eigenvalue weighted by atomic mass is 9.94. The molecule has 3 rings (SSSR count). The molecule has 1 aliphatic rings. The van der Waals surface area contributed by atoms with E-state index in [4.69, 9.17) is 9.72 Å². The summed E-state index contributed by atoms with van der Waals surface area (Å²) in [7, 11) is 1.65. The lowest BCUT2D eigenvalue weighted by molar-refractivity contribution is -0.131. The maximum absolute atomic E-state index is 13.2. The van der Waals surface area contributed by atoms with Crippen LogP contribution in [0.15, 0.2) is 25.0 Å². The first kappa shape index (κ1) is 24.7. The molecule has 0 bridgehead atoms. The van der Waals surface area contributed by atoms with Crippen LogP contribution in [0.2, 0.25) is 0 Å². The molecule has 180 valence electrons. The van der Waals surface area contributed by atoms with Gasteiger partial charge in [0, 0.05) is 32.9 Å². The Balaban J connectivity index is 1.84. The number of fused-ring (bicyclic) bond motifs is 1. The highest BCUT2D eigenvalue weighted by atomic mass is 16.5. The molecule has 9 nitrogen and oxygen atoms in total. The topological polar surface area (TPSA) is 103 Å². The number of ether oxygens (including phenoxy) is 1. The number of carbonyl (C=O) groups excluding carboxylic acids is 2. The molecule has 0 spiro atoms. The van der Waals surface area contributed by atoms with Gasteiger partial charge in [0.25, 0.3) is 5.91 Å². The van der Waals surface area contributed by atoms with Gasteiger partial charge in [-0.3, -0.25) is 9.59 Å². The lowest BCUT2D eigenvalue weighted by Crippen LogP contribution is -2.61. The Labute approximate surface area is 195 Å². The van der Waals surface area contributed by atoms with Gasteiger partial charge in [-0.15, -0.1) is 0 Å².